The first kappa shape index (κ1) is 18.3. The summed E-state index contributed by atoms with van der Waals surface area (Å²) in [6.07, 6.45) is -0.351. The zero-order valence-electron chi connectivity index (χ0n) is 15.2. The Hall–Kier alpha value is -3.03. The van der Waals surface area contributed by atoms with E-state index in [9.17, 15) is 18.0 Å². The van der Waals surface area contributed by atoms with Gasteiger partial charge in [0.05, 0.1) is 17.1 Å². The first-order valence-electron chi connectivity index (χ1n) is 8.74. The Kier molecular flexibility index (Phi) is 4.49. The quantitative estimate of drug-likeness (QED) is 0.607. The van der Waals surface area contributed by atoms with Gasteiger partial charge >= 0.3 is 12.6 Å². The molecule has 3 aromatic rings. The van der Waals surface area contributed by atoms with Crippen molar-refractivity contribution in [2.24, 2.45) is 0 Å². The molecule has 0 spiro atoms. The third-order valence-corrected chi connectivity index (χ3v) is 4.84. The number of hydrogen-bond donors (Lipinski definition) is 0. The third kappa shape index (κ3) is 3.08. The van der Waals surface area contributed by atoms with Crippen LogP contribution in [0.3, 0.4) is 0 Å². The zero-order chi connectivity index (χ0) is 20.0. The zero-order valence-corrected chi connectivity index (χ0v) is 15.2. The maximum atomic E-state index is 14.0. The van der Waals surface area contributed by atoms with Gasteiger partial charge in [0.25, 0.3) is 0 Å². The second-order valence-corrected chi connectivity index (χ2v) is 6.70. The number of para-hydroxylation sites is 1. The fraction of sp³-hybridized carbons (Fsp3) is 0.300. The molecule has 0 N–H and O–H groups in total. The number of fused-ring (bicyclic) bond motifs is 3. The molecule has 1 aliphatic heterocycles. The molecule has 1 aromatic heterocycles. The fourth-order valence-electron chi connectivity index (χ4n) is 3.73. The Morgan fingerprint density at radius 3 is 2.75 bits per heavy atom. The summed E-state index contributed by atoms with van der Waals surface area (Å²) in [7, 11) is 0. The summed E-state index contributed by atoms with van der Waals surface area (Å²) in [5.41, 5.74) is 1.99. The number of carbonyl (C=O) groups excluding carboxylic acids is 1. The van der Waals surface area contributed by atoms with Crippen molar-refractivity contribution >= 4 is 17.0 Å². The Balaban J connectivity index is 1.90. The first-order valence-corrected chi connectivity index (χ1v) is 8.74. The van der Waals surface area contributed by atoms with Crippen molar-refractivity contribution in [3.63, 3.8) is 0 Å². The summed E-state index contributed by atoms with van der Waals surface area (Å²) in [6.45, 7) is -0.0455. The van der Waals surface area contributed by atoms with Gasteiger partial charge in [0.1, 0.15) is 11.6 Å². The van der Waals surface area contributed by atoms with Crippen molar-refractivity contribution in [3.05, 3.63) is 59.2 Å². The molecule has 0 bridgehead atoms. The summed E-state index contributed by atoms with van der Waals surface area (Å²) in [5.74, 6) is -0.389. The van der Waals surface area contributed by atoms with Crippen LogP contribution in [0.5, 0.6) is 5.75 Å². The monoisotopic (exact) mass is 390 g/mol. The summed E-state index contributed by atoms with van der Waals surface area (Å²) in [4.78, 5) is 16.0. The van der Waals surface area contributed by atoms with Crippen LogP contribution in [0.4, 0.5) is 13.2 Å². The summed E-state index contributed by atoms with van der Waals surface area (Å²) in [5, 5.41) is 0. The van der Waals surface area contributed by atoms with E-state index in [4.69, 9.17) is 4.74 Å². The highest BCUT2D eigenvalue weighted by atomic mass is 19.3. The van der Waals surface area contributed by atoms with E-state index in [1.807, 2.05) is 4.57 Å². The molecule has 0 fully saturated rings. The van der Waals surface area contributed by atoms with Crippen LogP contribution in [0, 0.1) is 12.7 Å². The van der Waals surface area contributed by atoms with Crippen LogP contribution >= 0.6 is 0 Å². The molecule has 2 heterocycles. The number of rotatable bonds is 4. The lowest BCUT2D eigenvalue weighted by Crippen LogP contribution is -2.11. The number of alkyl halides is 2. The van der Waals surface area contributed by atoms with Gasteiger partial charge in [-0.05, 0) is 24.6 Å². The minimum atomic E-state index is -2.97. The van der Waals surface area contributed by atoms with Gasteiger partial charge < -0.3 is 14.0 Å². The van der Waals surface area contributed by atoms with E-state index in [1.165, 1.54) is 19.1 Å². The number of aromatic nitrogens is 2. The van der Waals surface area contributed by atoms with Crippen LogP contribution in [-0.4, -0.2) is 22.1 Å². The molecule has 1 aliphatic rings. The topological polar surface area (TPSA) is 53.4 Å². The highest BCUT2D eigenvalue weighted by Gasteiger charge is 2.38. The molecular formula is C20H17F3N2O3. The molecule has 4 rings (SSSR count). The summed E-state index contributed by atoms with van der Waals surface area (Å²) < 4.78 is 51.6. The smallest absolute Gasteiger partial charge is 0.387 e. The fourth-order valence-corrected chi connectivity index (χ4v) is 3.73. The largest absolute Gasteiger partial charge is 0.454 e. The number of hydrogen-bond acceptors (Lipinski definition) is 4. The van der Waals surface area contributed by atoms with Crippen LogP contribution in [0.25, 0.3) is 11.0 Å². The van der Waals surface area contributed by atoms with E-state index in [1.54, 1.807) is 31.2 Å². The van der Waals surface area contributed by atoms with Crippen LogP contribution in [0.2, 0.25) is 0 Å². The maximum Gasteiger partial charge on any atom is 0.387 e. The average Bonchev–Trinajstić information content (AvgIpc) is 3.13. The Morgan fingerprint density at radius 2 is 2.04 bits per heavy atom. The van der Waals surface area contributed by atoms with Gasteiger partial charge in [-0.1, -0.05) is 18.2 Å². The van der Waals surface area contributed by atoms with Gasteiger partial charge in [0.15, 0.2) is 11.9 Å². The van der Waals surface area contributed by atoms with E-state index in [-0.39, 0.29) is 5.75 Å². The highest BCUT2D eigenvalue weighted by Crippen LogP contribution is 2.45. The number of aryl methyl sites for hydroxylation is 1. The number of carbonyl (C=O) groups is 1. The van der Waals surface area contributed by atoms with Crippen molar-refractivity contribution in [3.8, 4) is 5.75 Å². The van der Waals surface area contributed by atoms with Gasteiger partial charge in [-0.3, -0.25) is 4.79 Å². The lowest BCUT2D eigenvalue weighted by atomic mass is 10.0. The first-order chi connectivity index (χ1) is 13.3. The molecular weight excluding hydrogens is 373 g/mol. The van der Waals surface area contributed by atoms with Crippen LogP contribution in [0.15, 0.2) is 36.4 Å². The highest BCUT2D eigenvalue weighted by molar-refractivity contribution is 5.78. The third-order valence-electron chi connectivity index (χ3n) is 4.84. The van der Waals surface area contributed by atoms with Crippen molar-refractivity contribution in [1.82, 2.24) is 9.55 Å². The van der Waals surface area contributed by atoms with Crippen LogP contribution in [0.1, 0.15) is 42.4 Å². The van der Waals surface area contributed by atoms with Gasteiger partial charge in [0, 0.05) is 25.0 Å². The number of esters is 1. The number of imidazole rings is 1. The molecule has 2 unspecified atom stereocenters. The van der Waals surface area contributed by atoms with E-state index < -0.39 is 30.5 Å². The minimum absolute atomic E-state index is 0.0395. The number of benzene rings is 2. The lowest BCUT2D eigenvalue weighted by molar-refractivity contribution is -0.146. The molecule has 5 nitrogen and oxygen atoms in total. The van der Waals surface area contributed by atoms with Gasteiger partial charge in [-0.15, -0.1) is 0 Å². The SMILES string of the molecule is CC(=O)OC1CC(c2ccccc2OC(F)F)n2c1nc1cc(F)c(C)cc12. The van der Waals surface area contributed by atoms with E-state index in [0.717, 1.165) is 0 Å². The van der Waals surface area contributed by atoms with Crippen LogP contribution in [-0.2, 0) is 9.53 Å². The normalized spacial score (nSPS) is 18.5. The van der Waals surface area contributed by atoms with Crippen molar-refractivity contribution in [2.75, 3.05) is 0 Å². The Bertz CT molecular complexity index is 1060. The Morgan fingerprint density at radius 1 is 1.29 bits per heavy atom. The molecule has 8 heteroatoms. The second kappa shape index (κ2) is 6.85. The van der Waals surface area contributed by atoms with Gasteiger partial charge in [0.2, 0.25) is 0 Å². The van der Waals surface area contributed by atoms with Crippen LogP contribution < -0.4 is 4.74 Å². The molecule has 2 atom stereocenters. The predicted molar refractivity (Wildman–Crippen MR) is 94.8 cm³/mol. The molecule has 0 saturated heterocycles. The average molecular weight is 390 g/mol. The summed E-state index contributed by atoms with van der Waals surface area (Å²) >= 11 is 0. The summed E-state index contributed by atoms with van der Waals surface area (Å²) in [6, 6.07) is 8.99. The molecule has 28 heavy (non-hydrogen) atoms. The standard InChI is InChI=1S/C20H17F3N2O3/c1-10-7-16-14(8-13(10)21)24-19-18(27-11(2)26)9-15(25(16)19)12-5-3-4-6-17(12)28-20(22)23/h3-8,15,18,20H,9H2,1-2H3. The van der Waals surface area contributed by atoms with Crippen molar-refractivity contribution in [1.29, 1.82) is 0 Å². The molecule has 0 radical (unpaired) electrons. The molecule has 2 aromatic carbocycles. The minimum Gasteiger partial charge on any atom is -0.454 e. The lowest BCUT2D eigenvalue weighted by Gasteiger charge is -2.19. The van der Waals surface area contributed by atoms with E-state index in [0.29, 0.717) is 34.4 Å². The predicted octanol–water partition coefficient (Wildman–Crippen LogP) is 4.68. The Labute approximate surface area is 158 Å². The van der Waals surface area contributed by atoms with E-state index >= 15 is 0 Å². The number of ether oxygens (including phenoxy) is 2. The van der Waals surface area contributed by atoms with Crippen molar-refractivity contribution in [2.45, 2.75) is 39.0 Å². The van der Waals surface area contributed by atoms with E-state index in [2.05, 4.69) is 9.72 Å². The number of nitrogens with zero attached hydrogens (tertiary/aromatic N) is 2. The molecule has 0 aliphatic carbocycles. The molecule has 146 valence electrons. The maximum absolute atomic E-state index is 14.0. The second-order valence-electron chi connectivity index (χ2n) is 6.70. The number of halogens is 3. The molecule has 0 saturated carbocycles. The molecule has 0 amide bonds. The van der Waals surface area contributed by atoms with Crippen molar-refractivity contribution < 1.29 is 27.4 Å². The van der Waals surface area contributed by atoms with Gasteiger partial charge in [-0.25, -0.2) is 9.37 Å². The van der Waals surface area contributed by atoms with Gasteiger partial charge in [-0.2, -0.15) is 8.78 Å².